The van der Waals surface area contributed by atoms with E-state index in [0.29, 0.717) is 30.5 Å². The maximum absolute atomic E-state index is 12.1. The first kappa shape index (κ1) is 16.3. The van der Waals surface area contributed by atoms with Gasteiger partial charge in [0.15, 0.2) is 0 Å². The van der Waals surface area contributed by atoms with Crippen molar-refractivity contribution in [2.75, 3.05) is 7.05 Å². The lowest BCUT2D eigenvalue weighted by atomic mass is 9.75. The molecule has 3 saturated carbocycles. The second-order valence-corrected chi connectivity index (χ2v) is 7.80. The number of hydrogen-bond acceptors (Lipinski definition) is 5. The number of aliphatic hydroxyl groups is 1. The molecule has 4 N–H and O–H groups in total. The number of aromatic nitrogens is 3. The largest absolute Gasteiger partial charge is 0.388 e. The molecule has 0 aromatic carbocycles. The molecule has 0 bridgehead atoms. The first-order valence-electron chi connectivity index (χ1n) is 8.79. The molecule has 3 aliphatic carbocycles. The summed E-state index contributed by atoms with van der Waals surface area (Å²) in [6.07, 6.45) is 6.21. The zero-order chi connectivity index (χ0) is 17.7. The van der Waals surface area contributed by atoms with E-state index in [1.54, 1.807) is 17.9 Å². The molecule has 1 heterocycles. The van der Waals surface area contributed by atoms with Crippen LogP contribution in [0.4, 0.5) is 4.79 Å². The Morgan fingerprint density at radius 1 is 1.36 bits per heavy atom. The number of amides is 3. The van der Waals surface area contributed by atoms with Crippen molar-refractivity contribution in [2.45, 2.75) is 56.8 Å². The van der Waals surface area contributed by atoms with Crippen LogP contribution in [0.3, 0.4) is 0 Å². The van der Waals surface area contributed by atoms with Crippen LogP contribution < -0.4 is 16.0 Å². The minimum Gasteiger partial charge on any atom is -0.388 e. The second-order valence-electron chi connectivity index (χ2n) is 7.80. The molecule has 3 aliphatic rings. The Morgan fingerprint density at radius 3 is 2.76 bits per heavy atom. The van der Waals surface area contributed by atoms with Gasteiger partial charge in [-0.25, -0.2) is 9.48 Å². The predicted molar refractivity (Wildman–Crippen MR) is 87.2 cm³/mol. The van der Waals surface area contributed by atoms with Gasteiger partial charge in [0.25, 0.3) is 0 Å². The van der Waals surface area contributed by atoms with Gasteiger partial charge in [-0.1, -0.05) is 5.21 Å². The van der Waals surface area contributed by atoms with Gasteiger partial charge in [-0.3, -0.25) is 4.79 Å². The predicted octanol–water partition coefficient (Wildman–Crippen LogP) is -0.483. The third-order valence-corrected chi connectivity index (χ3v) is 5.70. The lowest BCUT2D eigenvalue weighted by molar-refractivity contribution is -0.128. The first-order chi connectivity index (χ1) is 11.9. The molecule has 3 amide bonds. The molecule has 1 unspecified atom stereocenters. The van der Waals surface area contributed by atoms with Gasteiger partial charge in [0.1, 0.15) is 5.69 Å². The van der Waals surface area contributed by atoms with Crippen LogP contribution in [-0.4, -0.2) is 50.7 Å². The maximum Gasteiger partial charge on any atom is 0.314 e. The zero-order valence-corrected chi connectivity index (χ0v) is 14.3. The van der Waals surface area contributed by atoms with Gasteiger partial charge < -0.3 is 21.1 Å². The number of nitrogens with zero attached hydrogens (tertiary/aromatic N) is 3. The van der Waals surface area contributed by atoms with Crippen molar-refractivity contribution in [3.63, 3.8) is 0 Å². The summed E-state index contributed by atoms with van der Waals surface area (Å²) in [5.74, 6) is 0.375. The summed E-state index contributed by atoms with van der Waals surface area (Å²) >= 11 is 0. The standard InChI is InChI=1S/C16H24N6O3/c1-17-14(24)18-7-11-8-22(21-20-11)9-16(25)4-10(5-16)19-13(23)12-6-15(12)2-3-15/h8,10,12,25H,2-7,9H2,1H3,(H,19,23)(H2,17,18,24). The van der Waals surface area contributed by atoms with Crippen LogP contribution in [0.25, 0.3) is 0 Å². The number of urea groups is 1. The third-order valence-electron chi connectivity index (χ3n) is 5.70. The molecule has 9 nitrogen and oxygen atoms in total. The summed E-state index contributed by atoms with van der Waals surface area (Å²) in [6, 6.07) is -0.235. The molecular formula is C16H24N6O3. The van der Waals surface area contributed by atoms with Gasteiger partial charge in [0.05, 0.1) is 24.9 Å². The second kappa shape index (κ2) is 5.69. The molecule has 1 spiro atoms. The Morgan fingerprint density at radius 2 is 2.12 bits per heavy atom. The highest BCUT2D eigenvalue weighted by atomic mass is 16.3. The molecular weight excluding hydrogens is 324 g/mol. The SMILES string of the molecule is CNC(=O)NCc1cn(CC2(O)CC(NC(=O)C3CC34CC4)C2)nn1. The van der Waals surface area contributed by atoms with E-state index in [4.69, 9.17) is 0 Å². The van der Waals surface area contributed by atoms with Crippen LogP contribution in [0.1, 0.15) is 37.8 Å². The average Bonchev–Trinajstić information content (AvgIpc) is 3.44. The highest BCUT2D eigenvalue weighted by molar-refractivity contribution is 5.83. The molecule has 3 fully saturated rings. The smallest absolute Gasteiger partial charge is 0.314 e. The highest BCUT2D eigenvalue weighted by Gasteiger charge is 2.66. The van der Waals surface area contributed by atoms with Crippen molar-refractivity contribution in [1.29, 1.82) is 0 Å². The number of carbonyl (C=O) groups is 2. The van der Waals surface area contributed by atoms with Crippen LogP contribution in [0.15, 0.2) is 6.20 Å². The molecule has 25 heavy (non-hydrogen) atoms. The summed E-state index contributed by atoms with van der Waals surface area (Å²) in [4.78, 5) is 23.3. The molecule has 0 aliphatic heterocycles. The average molecular weight is 348 g/mol. The van der Waals surface area contributed by atoms with Crippen molar-refractivity contribution in [3.05, 3.63) is 11.9 Å². The molecule has 1 atom stereocenters. The van der Waals surface area contributed by atoms with Crippen LogP contribution in [0, 0.1) is 11.3 Å². The lowest BCUT2D eigenvalue weighted by Crippen LogP contribution is -2.57. The fourth-order valence-corrected chi connectivity index (χ4v) is 3.88. The quantitative estimate of drug-likeness (QED) is 0.553. The summed E-state index contributed by atoms with van der Waals surface area (Å²) in [5.41, 5.74) is 0.127. The monoisotopic (exact) mass is 348 g/mol. The van der Waals surface area contributed by atoms with E-state index in [2.05, 4.69) is 26.3 Å². The minimum atomic E-state index is -0.863. The molecule has 9 heteroatoms. The summed E-state index contributed by atoms with van der Waals surface area (Å²) in [5, 5.41) is 26.7. The van der Waals surface area contributed by atoms with Crippen LogP contribution in [0.2, 0.25) is 0 Å². The Balaban J connectivity index is 1.21. The van der Waals surface area contributed by atoms with Gasteiger partial charge >= 0.3 is 6.03 Å². The first-order valence-corrected chi connectivity index (χ1v) is 8.79. The normalized spacial score (nSPS) is 31.1. The fourth-order valence-electron chi connectivity index (χ4n) is 3.88. The fraction of sp³-hybridized carbons (Fsp3) is 0.750. The molecule has 136 valence electrons. The number of hydrogen-bond donors (Lipinski definition) is 4. The van der Waals surface area contributed by atoms with Gasteiger partial charge in [-0.2, -0.15) is 0 Å². The Hall–Kier alpha value is -2.16. The van der Waals surface area contributed by atoms with Gasteiger partial charge in [-0.05, 0) is 37.5 Å². The molecule has 0 radical (unpaired) electrons. The number of nitrogens with one attached hydrogen (secondary N) is 3. The molecule has 1 aromatic rings. The van der Waals surface area contributed by atoms with Crippen molar-refractivity contribution < 1.29 is 14.7 Å². The van der Waals surface area contributed by atoms with Crippen molar-refractivity contribution >= 4 is 11.9 Å². The Bertz CT molecular complexity index is 692. The van der Waals surface area contributed by atoms with E-state index in [0.717, 1.165) is 6.42 Å². The number of rotatable bonds is 6. The van der Waals surface area contributed by atoms with E-state index >= 15 is 0 Å². The van der Waals surface area contributed by atoms with Crippen LogP contribution in [-0.2, 0) is 17.9 Å². The van der Waals surface area contributed by atoms with Crippen LogP contribution in [0.5, 0.6) is 0 Å². The van der Waals surface area contributed by atoms with E-state index in [9.17, 15) is 14.7 Å². The van der Waals surface area contributed by atoms with Crippen molar-refractivity contribution in [2.24, 2.45) is 11.3 Å². The van der Waals surface area contributed by atoms with Gasteiger partial charge in [-0.15, -0.1) is 5.10 Å². The lowest BCUT2D eigenvalue weighted by Gasteiger charge is -2.43. The summed E-state index contributed by atoms with van der Waals surface area (Å²) in [7, 11) is 1.54. The topological polar surface area (TPSA) is 121 Å². The van der Waals surface area contributed by atoms with Crippen molar-refractivity contribution in [1.82, 2.24) is 30.9 Å². The zero-order valence-electron chi connectivity index (χ0n) is 14.3. The molecule has 4 rings (SSSR count). The van der Waals surface area contributed by atoms with E-state index in [1.807, 2.05) is 0 Å². The molecule has 0 saturated heterocycles. The van der Waals surface area contributed by atoms with Gasteiger partial charge in [0.2, 0.25) is 5.91 Å². The minimum absolute atomic E-state index is 0.0480. The van der Waals surface area contributed by atoms with Crippen molar-refractivity contribution in [3.8, 4) is 0 Å². The Kier molecular flexibility index (Phi) is 3.71. The highest BCUT2D eigenvalue weighted by Crippen LogP contribution is 2.70. The van der Waals surface area contributed by atoms with Gasteiger partial charge in [0, 0.05) is 19.0 Å². The number of carbonyl (C=O) groups excluding carboxylic acids is 2. The van der Waals surface area contributed by atoms with E-state index in [-0.39, 0.29) is 30.4 Å². The summed E-state index contributed by atoms with van der Waals surface area (Å²) in [6.45, 7) is 0.611. The third kappa shape index (κ3) is 3.33. The van der Waals surface area contributed by atoms with Crippen LogP contribution >= 0.6 is 0 Å². The molecule has 1 aromatic heterocycles. The van der Waals surface area contributed by atoms with E-state index < -0.39 is 5.60 Å². The Labute approximate surface area is 145 Å². The summed E-state index contributed by atoms with van der Waals surface area (Å²) < 4.78 is 1.58. The maximum atomic E-state index is 12.1. The van der Waals surface area contributed by atoms with E-state index in [1.165, 1.54) is 12.8 Å².